The quantitative estimate of drug-likeness (QED) is 0.652. The van der Waals surface area contributed by atoms with E-state index in [0.717, 1.165) is 22.6 Å². The lowest BCUT2D eigenvalue weighted by atomic mass is 10.0. The average Bonchev–Trinajstić information content (AvgIpc) is 3.20. The normalized spacial score (nSPS) is 11.7. The molecule has 3 aromatic rings. The number of methoxy groups -OCH3 is 1. The van der Waals surface area contributed by atoms with E-state index in [9.17, 15) is 4.79 Å². The Morgan fingerprint density at radius 2 is 2.11 bits per heavy atom. The molecule has 27 heavy (non-hydrogen) atoms. The van der Waals surface area contributed by atoms with Crippen molar-refractivity contribution < 1.29 is 14.3 Å². The van der Waals surface area contributed by atoms with Gasteiger partial charge in [-0.1, -0.05) is 23.8 Å². The number of nitrogens with zero attached hydrogens (tertiary/aromatic N) is 1. The second kappa shape index (κ2) is 8.68. The minimum absolute atomic E-state index is 0.162. The van der Waals surface area contributed by atoms with Crippen molar-refractivity contribution >= 4 is 17.2 Å². The Balaban J connectivity index is 1.69. The number of carbonyl (C=O) groups is 1. The SMILES string of the molecule is COc1ccc(C)cc1C(C)NC(=O)c1cccc(OCc2cscn2)c1. The first kappa shape index (κ1) is 18.9. The molecule has 5 nitrogen and oxygen atoms in total. The Hall–Kier alpha value is -2.86. The summed E-state index contributed by atoms with van der Waals surface area (Å²) in [6, 6.07) is 12.9. The second-order valence-corrected chi connectivity index (χ2v) is 6.96. The number of ether oxygens (including phenoxy) is 2. The van der Waals surface area contributed by atoms with Crippen molar-refractivity contribution in [3.63, 3.8) is 0 Å². The molecule has 0 spiro atoms. The summed E-state index contributed by atoms with van der Waals surface area (Å²) in [6.07, 6.45) is 0. The number of thiazole rings is 1. The van der Waals surface area contributed by atoms with E-state index in [2.05, 4.69) is 10.3 Å². The van der Waals surface area contributed by atoms with Crippen LogP contribution in [-0.4, -0.2) is 18.0 Å². The number of carbonyl (C=O) groups excluding carboxylic acids is 1. The van der Waals surface area contributed by atoms with Gasteiger partial charge in [-0.05, 0) is 38.1 Å². The van der Waals surface area contributed by atoms with E-state index >= 15 is 0 Å². The van der Waals surface area contributed by atoms with Gasteiger partial charge < -0.3 is 14.8 Å². The highest BCUT2D eigenvalue weighted by molar-refractivity contribution is 7.07. The number of aromatic nitrogens is 1. The van der Waals surface area contributed by atoms with Gasteiger partial charge in [0.15, 0.2) is 0 Å². The molecule has 0 aliphatic carbocycles. The maximum absolute atomic E-state index is 12.7. The van der Waals surface area contributed by atoms with E-state index in [1.165, 1.54) is 11.3 Å². The zero-order valence-corrected chi connectivity index (χ0v) is 16.4. The number of hydrogen-bond donors (Lipinski definition) is 1. The predicted molar refractivity (Wildman–Crippen MR) is 107 cm³/mol. The molecule has 0 saturated heterocycles. The van der Waals surface area contributed by atoms with E-state index in [4.69, 9.17) is 9.47 Å². The highest BCUT2D eigenvalue weighted by Gasteiger charge is 2.16. The van der Waals surface area contributed by atoms with Crippen LogP contribution < -0.4 is 14.8 Å². The van der Waals surface area contributed by atoms with Crippen LogP contribution >= 0.6 is 11.3 Å². The molecule has 1 unspecified atom stereocenters. The fourth-order valence-corrected chi connectivity index (χ4v) is 3.29. The molecule has 0 bridgehead atoms. The molecule has 1 heterocycles. The van der Waals surface area contributed by atoms with Gasteiger partial charge in [-0.15, -0.1) is 11.3 Å². The van der Waals surface area contributed by atoms with E-state index in [1.54, 1.807) is 24.8 Å². The Morgan fingerprint density at radius 3 is 2.85 bits per heavy atom. The molecule has 1 atom stereocenters. The van der Waals surface area contributed by atoms with Gasteiger partial charge in [-0.3, -0.25) is 4.79 Å². The summed E-state index contributed by atoms with van der Waals surface area (Å²) in [5.74, 6) is 1.23. The Bertz CT molecular complexity index is 910. The molecule has 3 rings (SSSR count). The number of hydrogen-bond acceptors (Lipinski definition) is 5. The Kier molecular flexibility index (Phi) is 6.08. The third-order valence-corrected chi connectivity index (χ3v) is 4.80. The summed E-state index contributed by atoms with van der Waals surface area (Å²) in [6.45, 7) is 4.34. The van der Waals surface area contributed by atoms with Crippen LogP contribution in [0.2, 0.25) is 0 Å². The van der Waals surface area contributed by atoms with Crippen molar-refractivity contribution in [2.75, 3.05) is 7.11 Å². The van der Waals surface area contributed by atoms with Gasteiger partial charge >= 0.3 is 0 Å². The minimum Gasteiger partial charge on any atom is -0.496 e. The van der Waals surface area contributed by atoms with Crippen molar-refractivity contribution in [2.45, 2.75) is 26.5 Å². The summed E-state index contributed by atoms with van der Waals surface area (Å²) in [4.78, 5) is 16.9. The largest absolute Gasteiger partial charge is 0.496 e. The highest BCUT2D eigenvalue weighted by Crippen LogP contribution is 2.26. The summed E-state index contributed by atoms with van der Waals surface area (Å²) in [5.41, 5.74) is 5.24. The lowest BCUT2D eigenvalue weighted by Crippen LogP contribution is -2.27. The van der Waals surface area contributed by atoms with Gasteiger partial charge in [0.25, 0.3) is 5.91 Å². The van der Waals surface area contributed by atoms with Crippen LogP contribution in [0.15, 0.2) is 53.4 Å². The fourth-order valence-electron chi connectivity index (χ4n) is 2.74. The average molecular weight is 382 g/mol. The van der Waals surface area contributed by atoms with Crippen molar-refractivity contribution in [1.29, 1.82) is 0 Å². The van der Waals surface area contributed by atoms with E-state index in [-0.39, 0.29) is 11.9 Å². The van der Waals surface area contributed by atoms with Gasteiger partial charge in [0.1, 0.15) is 18.1 Å². The lowest BCUT2D eigenvalue weighted by molar-refractivity contribution is 0.0939. The van der Waals surface area contributed by atoms with Gasteiger partial charge in [0.05, 0.1) is 24.4 Å². The van der Waals surface area contributed by atoms with Gasteiger partial charge in [0.2, 0.25) is 0 Å². The number of aryl methyl sites for hydroxylation is 1. The van der Waals surface area contributed by atoms with Crippen molar-refractivity contribution in [3.8, 4) is 11.5 Å². The first-order valence-corrected chi connectivity index (χ1v) is 9.56. The van der Waals surface area contributed by atoms with Crippen LogP contribution in [0.5, 0.6) is 11.5 Å². The molecule has 2 aromatic carbocycles. The smallest absolute Gasteiger partial charge is 0.251 e. The topological polar surface area (TPSA) is 60.5 Å². The van der Waals surface area contributed by atoms with Gasteiger partial charge in [-0.2, -0.15) is 0 Å². The fraction of sp³-hybridized carbons (Fsp3) is 0.238. The van der Waals surface area contributed by atoms with Crippen molar-refractivity contribution in [3.05, 3.63) is 75.7 Å². The second-order valence-electron chi connectivity index (χ2n) is 6.24. The lowest BCUT2D eigenvalue weighted by Gasteiger charge is -2.18. The van der Waals surface area contributed by atoms with Crippen LogP contribution in [0.3, 0.4) is 0 Å². The molecule has 6 heteroatoms. The molecule has 1 aromatic heterocycles. The zero-order valence-electron chi connectivity index (χ0n) is 15.6. The predicted octanol–water partition coefficient (Wildman–Crippen LogP) is 4.53. The number of amides is 1. The highest BCUT2D eigenvalue weighted by atomic mass is 32.1. The zero-order chi connectivity index (χ0) is 19.2. The maximum Gasteiger partial charge on any atom is 0.251 e. The molecule has 0 saturated carbocycles. The molecule has 1 amide bonds. The van der Waals surface area contributed by atoms with Crippen molar-refractivity contribution in [2.24, 2.45) is 0 Å². The number of benzene rings is 2. The van der Waals surface area contributed by atoms with Crippen molar-refractivity contribution in [1.82, 2.24) is 10.3 Å². The first-order chi connectivity index (χ1) is 13.1. The summed E-state index contributed by atoms with van der Waals surface area (Å²) < 4.78 is 11.1. The monoisotopic (exact) mass is 382 g/mol. The van der Waals surface area contributed by atoms with Crippen LogP contribution in [-0.2, 0) is 6.61 Å². The molecular formula is C21H22N2O3S. The summed E-state index contributed by atoms with van der Waals surface area (Å²) in [5, 5.41) is 4.96. The third-order valence-electron chi connectivity index (χ3n) is 4.17. The van der Waals surface area contributed by atoms with Gasteiger partial charge in [0, 0.05) is 16.5 Å². The molecule has 0 aliphatic rings. The van der Waals surface area contributed by atoms with Crippen LogP contribution in [0.1, 0.15) is 40.1 Å². The van der Waals surface area contributed by atoms with E-state index in [0.29, 0.717) is 17.9 Å². The maximum atomic E-state index is 12.7. The minimum atomic E-state index is -0.188. The standard InChI is InChI=1S/C21H22N2O3S/c1-14-7-8-20(25-3)19(9-14)15(2)23-21(24)16-5-4-6-18(10-16)26-11-17-12-27-13-22-17/h4-10,12-13,15H,11H2,1-3H3,(H,23,24). The summed E-state index contributed by atoms with van der Waals surface area (Å²) in [7, 11) is 1.63. The van der Waals surface area contributed by atoms with Crippen LogP contribution in [0.25, 0.3) is 0 Å². The Morgan fingerprint density at radius 1 is 1.26 bits per heavy atom. The Labute approximate surface area is 163 Å². The molecule has 0 radical (unpaired) electrons. The van der Waals surface area contributed by atoms with Crippen LogP contribution in [0.4, 0.5) is 0 Å². The molecular weight excluding hydrogens is 360 g/mol. The molecule has 1 N–H and O–H groups in total. The van der Waals surface area contributed by atoms with Gasteiger partial charge in [-0.25, -0.2) is 4.98 Å². The first-order valence-electron chi connectivity index (χ1n) is 8.62. The number of nitrogens with one attached hydrogen (secondary N) is 1. The van der Waals surface area contributed by atoms with E-state index < -0.39 is 0 Å². The molecule has 0 aliphatic heterocycles. The molecule has 0 fully saturated rings. The molecule has 140 valence electrons. The van der Waals surface area contributed by atoms with Crippen LogP contribution in [0, 0.1) is 6.92 Å². The summed E-state index contributed by atoms with van der Waals surface area (Å²) >= 11 is 1.53. The van der Waals surface area contributed by atoms with E-state index in [1.807, 2.05) is 49.6 Å². The number of rotatable bonds is 7. The third kappa shape index (κ3) is 4.86.